The second-order valence-corrected chi connectivity index (χ2v) is 4.27. The van der Waals surface area contributed by atoms with Crippen LogP contribution in [-0.2, 0) is 4.74 Å². The van der Waals surface area contributed by atoms with Gasteiger partial charge in [0, 0.05) is 5.56 Å². The van der Waals surface area contributed by atoms with Gasteiger partial charge in [0.25, 0.3) is 0 Å². The second kappa shape index (κ2) is 5.22. The van der Waals surface area contributed by atoms with Gasteiger partial charge in [0.15, 0.2) is 5.69 Å². The summed E-state index contributed by atoms with van der Waals surface area (Å²) in [4.78, 5) is 11.4. The van der Waals surface area contributed by atoms with Gasteiger partial charge in [-0.25, -0.2) is 4.79 Å². The Labute approximate surface area is 112 Å². The van der Waals surface area contributed by atoms with Crippen LogP contribution in [-0.4, -0.2) is 30.4 Å². The lowest BCUT2D eigenvalue weighted by atomic mass is 10.1. The van der Waals surface area contributed by atoms with Crippen molar-refractivity contribution < 1.29 is 14.3 Å². The molecule has 1 aromatic heterocycles. The van der Waals surface area contributed by atoms with E-state index in [2.05, 4.69) is 30.9 Å². The SMILES string of the molecule is COC(=O)c1[nH]nc(-c2ccc(OC)cc2)c1Br. The zero-order valence-corrected chi connectivity index (χ0v) is 11.4. The summed E-state index contributed by atoms with van der Waals surface area (Å²) in [6, 6.07) is 7.38. The molecule has 2 rings (SSSR count). The Morgan fingerprint density at radius 2 is 1.94 bits per heavy atom. The highest BCUT2D eigenvalue weighted by Crippen LogP contribution is 2.30. The summed E-state index contributed by atoms with van der Waals surface area (Å²) in [5, 5.41) is 6.75. The van der Waals surface area contributed by atoms with Crippen LogP contribution in [0.2, 0.25) is 0 Å². The van der Waals surface area contributed by atoms with Gasteiger partial charge in [0.05, 0.1) is 18.7 Å². The van der Waals surface area contributed by atoms with E-state index in [9.17, 15) is 4.79 Å². The van der Waals surface area contributed by atoms with Crippen LogP contribution >= 0.6 is 15.9 Å². The topological polar surface area (TPSA) is 64.2 Å². The number of carbonyl (C=O) groups is 1. The molecule has 94 valence electrons. The number of benzene rings is 1. The second-order valence-electron chi connectivity index (χ2n) is 3.48. The van der Waals surface area contributed by atoms with E-state index in [1.54, 1.807) is 7.11 Å². The lowest BCUT2D eigenvalue weighted by molar-refractivity contribution is 0.0593. The van der Waals surface area contributed by atoms with Crippen molar-refractivity contribution in [3.8, 4) is 17.0 Å². The fraction of sp³-hybridized carbons (Fsp3) is 0.167. The number of carbonyl (C=O) groups excluding carboxylic acids is 1. The molecule has 1 aromatic carbocycles. The first-order valence-electron chi connectivity index (χ1n) is 5.14. The molecular weight excluding hydrogens is 300 g/mol. The van der Waals surface area contributed by atoms with Gasteiger partial charge in [-0.2, -0.15) is 5.10 Å². The highest BCUT2D eigenvalue weighted by Gasteiger charge is 2.18. The number of nitrogens with one attached hydrogen (secondary N) is 1. The summed E-state index contributed by atoms with van der Waals surface area (Å²) in [6.45, 7) is 0. The van der Waals surface area contributed by atoms with Crippen molar-refractivity contribution in [1.29, 1.82) is 0 Å². The summed E-state index contributed by atoms with van der Waals surface area (Å²) < 4.78 is 10.3. The van der Waals surface area contributed by atoms with E-state index < -0.39 is 5.97 Å². The molecule has 2 aromatic rings. The Balaban J connectivity index is 2.39. The van der Waals surface area contributed by atoms with Gasteiger partial charge in [-0.1, -0.05) is 0 Å². The number of rotatable bonds is 3. The minimum Gasteiger partial charge on any atom is -0.497 e. The lowest BCUT2D eigenvalue weighted by Crippen LogP contribution is -2.02. The van der Waals surface area contributed by atoms with E-state index in [0.717, 1.165) is 11.3 Å². The first-order valence-corrected chi connectivity index (χ1v) is 5.93. The summed E-state index contributed by atoms with van der Waals surface area (Å²) in [5.74, 6) is 0.299. The van der Waals surface area contributed by atoms with Gasteiger partial charge in [-0.05, 0) is 40.2 Å². The summed E-state index contributed by atoms with van der Waals surface area (Å²) in [7, 11) is 2.93. The average molecular weight is 311 g/mol. The molecular formula is C12H11BrN2O3. The van der Waals surface area contributed by atoms with Crippen molar-refractivity contribution in [2.45, 2.75) is 0 Å². The fourth-order valence-corrected chi connectivity index (χ4v) is 2.07. The van der Waals surface area contributed by atoms with E-state index in [1.807, 2.05) is 24.3 Å². The van der Waals surface area contributed by atoms with Crippen LogP contribution in [0.1, 0.15) is 10.5 Å². The number of methoxy groups -OCH3 is 2. The van der Waals surface area contributed by atoms with Gasteiger partial charge in [-0.3, -0.25) is 5.10 Å². The van der Waals surface area contributed by atoms with Crippen LogP contribution in [0, 0.1) is 0 Å². The van der Waals surface area contributed by atoms with Crippen molar-refractivity contribution in [3.63, 3.8) is 0 Å². The first-order chi connectivity index (χ1) is 8.67. The molecule has 0 saturated carbocycles. The maximum Gasteiger partial charge on any atom is 0.357 e. The molecule has 1 heterocycles. The summed E-state index contributed by atoms with van der Waals surface area (Å²) in [6.07, 6.45) is 0. The average Bonchev–Trinajstić information content (AvgIpc) is 2.80. The van der Waals surface area contributed by atoms with Crippen LogP contribution in [0.4, 0.5) is 0 Å². The minimum absolute atomic E-state index is 0.295. The van der Waals surface area contributed by atoms with E-state index >= 15 is 0 Å². The van der Waals surface area contributed by atoms with Gasteiger partial charge in [0.1, 0.15) is 11.4 Å². The molecule has 0 fully saturated rings. The molecule has 0 unspecified atom stereocenters. The molecule has 0 amide bonds. The normalized spacial score (nSPS) is 10.2. The summed E-state index contributed by atoms with van der Waals surface area (Å²) >= 11 is 3.34. The number of H-pyrrole nitrogens is 1. The molecule has 0 spiro atoms. The van der Waals surface area contributed by atoms with Crippen LogP contribution in [0.15, 0.2) is 28.7 Å². The van der Waals surface area contributed by atoms with Crippen LogP contribution in [0.3, 0.4) is 0 Å². The number of halogens is 1. The third-order valence-electron chi connectivity index (χ3n) is 2.46. The first kappa shape index (κ1) is 12.6. The number of esters is 1. The van der Waals surface area contributed by atoms with E-state index in [4.69, 9.17) is 4.74 Å². The number of aromatic nitrogens is 2. The number of nitrogens with zero attached hydrogens (tertiary/aromatic N) is 1. The van der Waals surface area contributed by atoms with E-state index in [-0.39, 0.29) is 0 Å². The maximum absolute atomic E-state index is 11.4. The third kappa shape index (κ3) is 2.24. The van der Waals surface area contributed by atoms with Crippen molar-refractivity contribution in [2.24, 2.45) is 0 Å². The molecule has 0 saturated heterocycles. The Bertz CT molecular complexity index is 563. The number of hydrogen-bond donors (Lipinski definition) is 1. The Hall–Kier alpha value is -1.82. The highest BCUT2D eigenvalue weighted by molar-refractivity contribution is 9.10. The largest absolute Gasteiger partial charge is 0.497 e. The highest BCUT2D eigenvalue weighted by atomic mass is 79.9. The van der Waals surface area contributed by atoms with Gasteiger partial charge in [0.2, 0.25) is 0 Å². The molecule has 18 heavy (non-hydrogen) atoms. The minimum atomic E-state index is -0.464. The maximum atomic E-state index is 11.4. The Morgan fingerprint density at radius 1 is 1.28 bits per heavy atom. The standard InChI is InChI=1S/C12H11BrN2O3/c1-17-8-5-3-7(4-6-8)10-9(13)11(15-14-10)12(16)18-2/h3-6H,1-2H3,(H,14,15). The molecule has 0 atom stereocenters. The Kier molecular flexibility index (Phi) is 3.66. The van der Waals surface area contributed by atoms with Gasteiger partial charge in [-0.15, -0.1) is 0 Å². The zero-order chi connectivity index (χ0) is 13.1. The predicted octanol–water partition coefficient (Wildman–Crippen LogP) is 2.63. The van der Waals surface area contributed by atoms with Gasteiger partial charge < -0.3 is 9.47 Å². The quantitative estimate of drug-likeness (QED) is 0.885. The van der Waals surface area contributed by atoms with Crippen LogP contribution in [0.5, 0.6) is 5.75 Å². The summed E-state index contributed by atoms with van der Waals surface area (Å²) in [5.41, 5.74) is 1.82. The molecule has 0 aliphatic heterocycles. The van der Waals surface area contributed by atoms with Crippen molar-refractivity contribution in [3.05, 3.63) is 34.4 Å². The molecule has 1 N–H and O–H groups in total. The monoisotopic (exact) mass is 310 g/mol. The van der Waals surface area contributed by atoms with Crippen molar-refractivity contribution in [2.75, 3.05) is 14.2 Å². The lowest BCUT2D eigenvalue weighted by Gasteiger charge is -2.01. The number of hydrogen-bond acceptors (Lipinski definition) is 4. The predicted molar refractivity (Wildman–Crippen MR) is 69.6 cm³/mol. The molecule has 0 radical (unpaired) electrons. The number of ether oxygens (including phenoxy) is 2. The van der Waals surface area contributed by atoms with E-state index in [0.29, 0.717) is 15.9 Å². The Morgan fingerprint density at radius 3 is 2.50 bits per heavy atom. The van der Waals surface area contributed by atoms with Gasteiger partial charge >= 0.3 is 5.97 Å². The third-order valence-corrected chi connectivity index (χ3v) is 3.23. The molecule has 0 bridgehead atoms. The van der Waals surface area contributed by atoms with Crippen molar-refractivity contribution in [1.82, 2.24) is 10.2 Å². The van der Waals surface area contributed by atoms with Crippen molar-refractivity contribution >= 4 is 21.9 Å². The molecule has 0 aliphatic rings. The van der Waals surface area contributed by atoms with E-state index in [1.165, 1.54) is 7.11 Å². The smallest absolute Gasteiger partial charge is 0.357 e. The fourth-order valence-electron chi connectivity index (χ4n) is 1.51. The molecule has 6 heteroatoms. The zero-order valence-electron chi connectivity index (χ0n) is 9.86. The number of aromatic amines is 1. The molecule has 5 nitrogen and oxygen atoms in total. The molecule has 0 aliphatic carbocycles. The van der Waals surface area contributed by atoms with Crippen LogP contribution in [0.25, 0.3) is 11.3 Å². The van der Waals surface area contributed by atoms with Crippen LogP contribution < -0.4 is 4.74 Å².